The van der Waals surface area contributed by atoms with Crippen LogP contribution in [-0.4, -0.2) is 56.1 Å². The average Bonchev–Trinajstić information content (AvgIpc) is 3.22. The van der Waals surface area contributed by atoms with E-state index in [0.29, 0.717) is 37.6 Å². The highest BCUT2D eigenvalue weighted by molar-refractivity contribution is 7.89. The Morgan fingerprint density at radius 1 is 1.03 bits per heavy atom. The second-order valence-corrected chi connectivity index (χ2v) is 9.73. The molecule has 7 nitrogen and oxygen atoms in total. The number of rotatable bonds is 6. The van der Waals surface area contributed by atoms with E-state index in [9.17, 15) is 8.42 Å². The molecule has 0 saturated carbocycles. The first-order chi connectivity index (χ1) is 14.9. The fourth-order valence-corrected chi connectivity index (χ4v) is 5.57. The van der Waals surface area contributed by atoms with Gasteiger partial charge >= 0.3 is 0 Å². The molecule has 0 aliphatic carbocycles. The smallest absolute Gasteiger partial charge is 0.243 e. The fourth-order valence-electron chi connectivity index (χ4n) is 3.95. The van der Waals surface area contributed by atoms with Crippen LogP contribution in [0.15, 0.2) is 57.9 Å². The van der Waals surface area contributed by atoms with E-state index < -0.39 is 10.0 Å². The molecule has 0 spiro atoms. The molecule has 0 unspecified atom stereocenters. The fraction of sp³-hybridized carbons (Fsp3) is 0.348. The molecule has 2 heterocycles. The third-order valence-electron chi connectivity index (χ3n) is 5.60. The molecule has 0 radical (unpaired) electrons. The van der Waals surface area contributed by atoms with Gasteiger partial charge in [0.05, 0.1) is 18.6 Å². The van der Waals surface area contributed by atoms with Crippen LogP contribution in [0.2, 0.25) is 0 Å². The van der Waals surface area contributed by atoms with Crippen molar-refractivity contribution >= 4 is 10.0 Å². The van der Waals surface area contributed by atoms with Gasteiger partial charge in [-0.2, -0.15) is 4.31 Å². The number of ether oxygens (including phenoxy) is 1. The number of piperazine rings is 1. The zero-order valence-corrected chi connectivity index (χ0v) is 18.9. The van der Waals surface area contributed by atoms with Crippen LogP contribution in [0.4, 0.5) is 0 Å². The van der Waals surface area contributed by atoms with Crippen molar-refractivity contribution in [3.05, 3.63) is 65.4 Å². The van der Waals surface area contributed by atoms with Crippen LogP contribution in [-0.2, 0) is 16.6 Å². The van der Waals surface area contributed by atoms with Crippen LogP contribution >= 0.6 is 0 Å². The van der Waals surface area contributed by atoms with E-state index in [-0.39, 0.29) is 0 Å². The van der Waals surface area contributed by atoms with Gasteiger partial charge in [-0.3, -0.25) is 4.90 Å². The first-order valence-electron chi connectivity index (χ1n) is 10.3. The number of sulfonamides is 1. The number of methoxy groups -OCH3 is 1. The third-order valence-corrected chi connectivity index (χ3v) is 7.66. The van der Waals surface area contributed by atoms with Crippen molar-refractivity contribution in [1.29, 1.82) is 0 Å². The van der Waals surface area contributed by atoms with Crippen LogP contribution in [0.1, 0.15) is 16.9 Å². The summed E-state index contributed by atoms with van der Waals surface area (Å²) in [7, 11) is -1.86. The molecular weight excluding hydrogens is 414 g/mol. The predicted octanol–water partition coefficient (Wildman–Crippen LogP) is 3.47. The van der Waals surface area contributed by atoms with Gasteiger partial charge in [-0.15, -0.1) is 0 Å². The molecule has 0 amide bonds. The van der Waals surface area contributed by atoms with Crippen molar-refractivity contribution in [2.45, 2.75) is 25.3 Å². The molecular formula is C23H27N3O4S. The Morgan fingerprint density at radius 3 is 2.48 bits per heavy atom. The number of hydrogen-bond acceptors (Lipinski definition) is 6. The minimum atomic E-state index is -3.49. The minimum Gasteiger partial charge on any atom is -0.496 e. The zero-order chi connectivity index (χ0) is 22.0. The first kappa shape index (κ1) is 21.5. The molecule has 2 aromatic carbocycles. The van der Waals surface area contributed by atoms with Gasteiger partial charge in [-0.05, 0) is 37.6 Å². The summed E-state index contributed by atoms with van der Waals surface area (Å²) in [4.78, 5) is 2.57. The standard InChI is InChI=1S/C23H27N3O4S/c1-17-8-9-23(18(2)14-17)31(27,28)26-12-10-25(11-13-26)16-19-15-21(24-30-19)20-6-4-5-7-22(20)29-3/h4-9,14-15H,10-13,16H2,1-3H3. The Hall–Kier alpha value is -2.68. The van der Waals surface area contributed by atoms with Gasteiger partial charge in [-0.1, -0.05) is 35.0 Å². The van der Waals surface area contributed by atoms with Crippen LogP contribution in [0.5, 0.6) is 5.75 Å². The second kappa shape index (κ2) is 8.82. The maximum Gasteiger partial charge on any atom is 0.243 e. The molecule has 4 rings (SSSR count). The van der Waals surface area contributed by atoms with E-state index in [1.165, 1.54) is 0 Å². The summed E-state index contributed by atoms with van der Waals surface area (Å²) >= 11 is 0. The number of para-hydroxylation sites is 1. The van der Waals surface area contributed by atoms with E-state index in [4.69, 9.17) is 9.26 Å². The number of benzene rings is 2. The third kappa shape index (κ3) is 4.51. The summed E-state index contributed by atoms with van der Waals surface area (Å²) in [6.45, 7) is 6.56. The number of nitrogens with zero attached hydrogens (tertiary/aromatic N) is 3. The monoisotopic (exact) mass is 441 g/mol. The molecule has 8 heteroatoms. The highest BCUT2D eigenvalue weighted by Crippen LogP contribution is 2.29. The van der Waals surface area contributed by atoms with Gasteiger partial charge in [-0.25, -0.2) is 8.42 Å². The summed E-state index contributed by atoms with van der Waals surface area (Å²) in [5, 5.41) is 4.18. The minimum absolute atomic E-state index is 0.392. The summed E-state index contributed by atoms with van der Waals surface area (Å²) in [5.41, 5.74) is 3.45. The lowest BCUT2D eigenvalue weighted by atomic mass is 10.1. The molecule has 1 aliphatic heterocycles. The summed E-state index contributed by atoms with van der Waals surface area (Å²) in [6.07, 6.45) is 0. The van der Waals surface area contributed by atoms with Crippen LogP contribution in [0.3, 0.4) is 0 Å². The zero-order valence-electron chi connectivity index (χ0n) is 18.0. The lowest BCUT2D eigenvalue weighted by Crippen LogP contribution is -2.48. The molecule has 3 aromatic rings. The normalized spacial score (nSPS) is 15.8. The maximum absolute atomic E-state index is 13.1. The summed E-state index contributed by atoms with van der Waals surface area (Å²) in [6, 6.07) is 15.1. The summed E-state index contributed by atoms with van der Waals surface area (Å²) < 4.78 is 38.6. The molecule has 1 aromatic heterocycles. The SMILES string of the molecule is COc1ccccc1-c1cc(CN2CCN(S(=O)(=O)c3ccc(C)cc3C)CC2)on1. The molecule has 31 heavy (non-hydrogen) atoms. The van der Waals surface area contributed by atoms with Crippen molar-refractivity contribution in [3.63, 3.8) is 0 Å². The second-order valence-electron chi connectivity index (χ2n) is 7.83. The molecule has 0 bridgehead atoms. The van der Waals surface area contributed by atoms with Crippen molar-refractivity contribution in [2.24, 2.45) is 0 Å². The van der Waals surface area contributed by atoms with E-state index in [1.807, 2.05) is 56.3 Å². The van der Waals surface area contributed by atoms with Crippen molar-refractivity contribution in [3.8, 4) is 17.0 Å². The van der Waals surface area contributed by atoms with Gasteiger partial charge in [0, 0.05) is 37.8 Å². The van der Waals surface area contributed by atoms with Crippen LogP contribution in [0, 0.1) is 13.8 Å². The highest BCUT2D eigenvalue weighted by Gasteiger charge is 2.30. The van der Waals surface area contributed by atoms with Crippen LogP contribution < -0.4 is 4.74 Å². The molecule has 1 fully saturated rings. The number of hydrogen-bond donors (Lipinski definition) is 0. The van der Waals surface area contributed by atoms with Gasteiger partial charge in [0.1, 0.15) is 11.4 Å². The topological polar surface area (TPSA) is 75.9 Å². The number of aromatic nitrogens is 1. The lowest BCUT2D eigenvalue weighted by Gasteiger charge is -2.33. The van der Waals surface area contributed by atoms with Crippen LogP contribution in [0.25, 0.3) is 11.3 Å². The average molecular weight is 442 g/mol. The van der Waals surface area contributed by atoms with Crippen molar-refractivity contribution in [1.82, 2.24) is 14.4 Å². The Labute approximate surface area is 183 Å². The van der Waals surface area contributed by atoms with E-state index in [2.05, 4.69) is 10.1 Å². The largest absolute Gasteiger partial charge is 0.496 e. The Balaban J connectivity index is 1.40. The van der Waals surface area contributed by atoms with Gasteiger partial charge in [0.2, 0.25) is 10.0 Å². The molecule has 164 valence electrons. The quantitative estimate of drug-likeness (QED) is 0.583. The van der Waals surface area contributed by atoms with Gasteiger partial charge in [0.25, 0.3) is 0 Å². The van der Waals surface area contributed by atoms with Crippen molar-refractivity contribution in [2.75, 3.05) is 33.3 Å². The summed E-state index contributed by atoms with van der Waals surface area (Å²) in [5.74, 6) is 1.49. The Kier molecular flexibility index (Phi) is 6.13. The van der Waals surface area contributed by atoms with Crippen molar-refractivity contribution < 1.29 is 17.7 Å². The molecule has 1 saturated heterocycles. The number of aryl methyl sites for hydroxylation is 2. The van der Waals surface area contributed by atoms with E-state index in [1.54, 1.807) is 17.5 Å². The molecule has 1 aliphatic rings. The van der Waals surface area contributed by atoms with E-state index in [0.717, 1.165) is 33.9 Å². The molecule has 0 atom stereocenters. The highest BCUT2D eigenvalue weighted by atomic mass is 32.2. The van der Waals surface area contributed by atoms with E-state index >= 15 is 0 Å². The predicted molar refractivity (Wildman–Crippen MR) is 118 cm³/mol. The Morgan fingerprint density at radius 2 is 1.77 bits per heavy atom. The van der Waals surface area contributed by atoms with Gasteiger partial charge < -0.3 is 9.26 Å². The lowest BCUT2D eigenvalue weighted by molar-refractivity contribution is 0.166. The maximum atomic E-state index is 13.1. The molecule has 0 N–H and O–H groups in total. The first-order valence-corrected chi connectivity index (χ1v) is 11.7. The van der Waals surface area contributed by atoms with Gasteiger partial charge in [0.15, 0.2) is 5.76 Å². The Bertz CT molecular complexity index is 1170.